The highest BCUT2D eigenvalue weighted by Gasteiger charge is 2.21. The fourth-order valence-electron chi connectivity index (χ4n) is 4.25. The number of benzene rings is 2. The average molecular weight is 340 g/mol. The van der Waals surface area contributed by atoms with Gasteiger partial charge in [0.05, 0.1) is 22.9 Å². The van der Waals surface area contributed by atoms with Crippen molar-refractivity contribution >= 4 is 32.8 Å². The molecule has 0 unspecified atom stereocenters. The fraction of sp³-hybridized carbons (Fsp3) is 0.200. The van der Waals surface area contributed by atoms with Gasteiger partial charge in [0.2, 0.25) is 0 Å². The summed E-state index contributed by atoms with van der Waals surface area (Å²) in [5, 5.41) is 20.9. The molecular weight excluding hydrogens is 324 g/mol. The highest BCUT2D eigenvalue weighted by atomic mass is 15.3. The number of hydrogen-bond donors (Lipinski definition) is 2. The van der Waals surface area contributed by atoms with Crippen molar-refractivity contribution in [3.8, 4) is 11.3 Å². The maximum Gasteiger partial charge on any atom is 0.122 e. The van der Waals surface area contributed by atoms with Crippen LogP contribution in [0.5, 0.6) is 0 Å². The predicted octanol–water partition coefficient (Wildman–Crippen LogP) is 3.93. The Labute approximate surface area is 148 Å². The molecule has 1 aliphatic rings. The van der Waals surface area contributed by atoms with Crippen LogP contribution in [0.3, 0.4) is 0 Å². The number of hydrogen-bond acceptors (Lipinski definition) is 4. The van der Waals surface area contributed by atoms with Crippen LogP contribution in [0.2, 0.25) is 0 Å². The molecule has 2 N–H and O–H groups in total. The zero-order chi connectivity index (χ0) is 17.1. The summed E-state index contributed by atoms with van der Waals surface area (Å²) < 4.78 is 0. The van der Waals surface area contributed by atoms with E-state index in [2.05, 4.69) is 49.9 Å². The highest BCUT2D eigenvalue weighted by Crippen LogP contribution is 2.37. The fourth-order valence-corrected chi connectivity index (χ4v) is 4.25. The molecule has 6 rings (SSSR count). The lowest BCUT2D eigenvalue weighted by atomic mass is 9.86. The van der Waals surface area contributed by atoms with Gasteiger partial charge < -0.3 is 0 Å². The molecular formula is C20H16N6. The topological polar surface area (TPSA) is 83.1 Å². The first-order chi connectivity index (χ1) is 12.9. The van der Waals surface area contributed by atoms with Crippen molar-refractivity contribution < 1.29 is 0 Å². The van der Waals surface area contributed by atoms with Crippen LogP contribution in [0.1, 0.15) is 24.0 Å². The number of nitrogens with zero attached hydrogens (tertiary/aromatic N) is 4. The van der Waals surface area contributed by atoms with Crippen LogP contribution < -0.4 is 0 Å². The maximum atomic E-state index is 5.07. The lowest BCUT2D eigenvalue weighted by Crippen LogP contribution is -2.08. The van der Waals surface area contributed by atoms with Crippen LogP contribution in [0, 0.1) is 0 Å². The first kappa shape index (κ1) is 13.9. The van der Waals surface area contributed by atoms with Crippen molar-refractivity contribution in [2.45, 2.75) is 25.7 Å². The van der Waals surface area contributed by atoms with Crippen LogP contribution in [0.25, 0.3) is 44.1 Å². The second-order valence-electron chi connectivity index (χ2n) is 6.95. The minimum absolute atomic E-state index is 0.902. The van der Waals surface area contributed by atoms with Crippen molar-refractivity contribution in [3.63, 3.8) is 0 Å². The van der Waals surface area contributed by atoms with Crippen LogP contribution >= 0.6 is 0 Å². The van der Waals surface area contributed by atoms with Crippen molar-refractivity contribution in [3.05, 3.63) is 47.7 Å². The molecule has 6 heteroatoms. The first-order valence-electron chi connectivity index (χ1n) is 8.97. The molecule has 26 heavy (non-hydrogen) atoms. The lowest BCUT2D eigenvalue weighted by molar-refractivity contribution is 0.689. The SMILES string of the molecule is c1cc2[nH]ncc2cc1-c1nc2ccc3n[nH]nc3c2c2c1CCCC2. The summed E-state index contributed by atoms with van der Waals surface area (Å²) >= 11 is 0. The smallest absolute Gasteiger partial charge is 0.122 e. The second-order valence-corrected chi connectivity index (χ2v) is 6.95. The molecule has 126 valence electrons. The van der Waals surface area contributed by atoms with Crippen molar-refractivity contribution in [1.82, 2.24) is 30.6 Å². The Morgan fingerprint density at radius 3 is 2.73 bits per heavy atom. The number of fused-ring (bicyclic) bond motifs is 6. The largest absolute Gasteiger partial charge is 0.278 e. The molecule has 0 spiro atoms. The quantitative estimate of drug-likeness (QED) is 0.484. The van der Waals surface area contributed by atoms with E-state index >= 15 is 0 Å². The summed E-state index contributed by atoms with van der Waals surface area (Å²) in [5.74, 6) is 0. The molecule has 3 aromatic heterocycles. The van der Waals surface area contributed by atoms with Crippen LogP contribution in [0.15, 0.2) is 36.5 Å². The molecule has 0 amide bonds. The Balaban J connectivity index is 1.71. The van der Waals surface area contributed by atoms with E-state index in [1.165, 1.54) is 29.4 Å². The third-order valence-corrected chi connectivity index (χ3v) is 5.47. The van der Waals surface area contributed by atoms with Gasteiger partial charge in [-0.2, -0.15) is 20.5 Å². The summed E-state index contributed by atoms with van der Waals surface area (Å²) in [6, 6.07) is 10.5. The standard InChI is InChI=1S/C20H16N6/c1-2-4-14-13(3-1)18-16(7-8-17-20(18)25-26-24-17)22-19(14)11-5-6-15-12(9-11)10-21-23-15/h5-10H,1-4H2,(H,21,23)(H,24,25,26). The third-order valence-electron chi connectivity index (χ3n) is 5.47. The van der Waals surface area contributed by atoms with Gasteiger partial charge in [-0.15, -0.1) is 0 Å². The molecule has 3 heterocycles. The molecule has 0 aliphatic heterocycles. The van der Waals surface area contributed by atoms with Crippen molar-refractivity contribution in [2.24, 2.45) is 0 Å². The number of nitrogens with one attached hydrogen (secondary N) is 2. The van der Waals surface area contributed by atoms with Gasteiger partial charge in [-0.25, -0.2) is 4.98 Å². The Morgan fingerprint density at radius 2 is 1.77 bits per heavy atom. The van der Waals surface area contributed by atoms with Crippen molar-refractivity contribution in [1.29, 1.82) is 0 Å². The zero-order valence-corrected chi connectivity index (χ0v) is 14.1. The molecule has 1 aliphatic carbocycles. The van der Waals surface area contributed by atoms with Gasteiger partial charge in [-0.1, -0.05) is 6.07 Å². The number of aromatic amines is 2. The molecule has 0 saturated heterocycles. The van der Waals surface area contributed by atoms with Gasteiger partial charge in [-0.05, 0) is 61.1 Å². The summed E-state index contributed by atoms with van der Waals surface area (Å²) in [6.07, 6.45) is 6.41. The molecule has 5 aromatic rings. The van der Waals surface area contributed by atoms with Gasteiger partial charge >= 0.3 is 0 Å². The molecule has 0 fully saturated rings. The number of rotatable bonds is 1. The molecule has 0 atom stereocenters. The predicted molar refractivity (Wildman–Crippen MR) is 101 cm³/mol. The van der Waals surface area contributed by atoms with Crippen LogP contribution in [0.4, 0.5) is 0 Å². The summed E-state index contributed by atoms with van der Waals surface area (Å²) in [6.45, 7) is 0. The van der Waals surface area contributed by atoms with E-state index in [-0.39, 0.29) is 0 Å². The van der Waals surface area contributed by atoms with Crippen LogP contribution in [-0.2, 0) is 12.8 Å². The van der Waals surface area contributed by atoms with E-state index < -0.39 is 0 Å². The van der Waals surface area contributed by atoms with E-state index in [1.54, 1.807) is 0 Å². The molecule has 6 nitrogen and oxygen atoms in total. The van der Waals surface area contributed by atoms with Gasteiger partial charge in [0.1, 0.15) is 11.0 Å². The maximum absolute atomic E-state index is 5.07. The number of pyridine rings is 1. The van der Waals surface area contributed by atoms with E-state index in [0.29, 0.717) is 0 Å². The molecule has 0 radical (unpaired) electrons. The zero-order valence-electron chi connectivity index (χ0n) is 14.1. The normalized spacial score (nSPS) is 14.3. The Kier molecular flexibility index (Phi) is 2.74. The first-order valence-corrected chi connectivity index (χ1v) is 8.97. The third kappa shape index (κ3) is 1.87. The monoisotopic (exact) mass is 340 g/mol. The second kappa shape index (κ2) is 5.11. The van der Waals surface area contributed by atoms with E-state index in [9.17, 15) is 0 Å². The van der Waals surface area contributed by atoms with Gasteiger partial charge in [0, 0.05) is 16.3 Å². The van der Waals surface area contributed by atoms with E-state index in [1.807, 2.05) is 12.3 Å². The van der Waals surface area contributed by atoms with E-state index in [0.717, 1.165) is 51.6 Å². The minimum atomic E-state index is 0.902. The Hall–Kier alpha value is -3.28. The van der Waals surface area contributed by atoms with E-state index in [4.69, 9.17) is 4.98 Å². The molecule has 0 saturated carbocycles. The lowest BCUT2D eigenvalue weighted by Gasteiger charge is -2.21. The molecule has 2 aromatic carbocycles. The summed E-state index contributed by atoms with van der Waals surface area (Å²) in [5.41, 5.74) is 8.88. The Bertz CT molecular complexity index is 1300. The summed E-state index contributed by atoms with van der Waals surface area (Å²) in [7, 11) is 0. The number of aromatic nitrogens is 6. The van der Waals surface area contributed by atoms with Gasteiger partial charge in [0.15, 0.2) is 0 Å². The molecule has 0 bridgehead atoms. The van der Waals surface area contributed by atoms with Gasteiger partial charge in [-0.3, -0.25) is 5.10 Å². The summed E-state index contributed by atoms with van der Waals surface area (Å²) in [4.78, 5) is 5.07. The average Bonchev–Trinajstić information content (AvgIpc) is 3.35. The minimum Gasteiger partial charge on any atom is -0.278 e. The number of aryl methyl sites for hydroxylation is 1. The van der Waals surface area contributed by atoms with Crippen LogP contribution in [-0.4, -0.2) is 30.6 Å². The van der Waals surface area contributed by atoms with Crippen molar-refractivity contribution in [2.75, 3.05) is 0 Å². The number of H-pyrrole nitrogens is 2. The van der Waals surface area contributed by atoms with Gasteiger partial charge in [0.25, 0.3) is 0 Å². The Morgan fingerprint density at radius 1 is 0.885 bits per heavy atom. The highest BCUT2D eigenvalue weighted by molar-refractivity contribution is 6.05.